The van der Waals surface area contributed by atoms with Gasteiger partial charge in [-0.2, -0.15) is 0 Å². The Balaban J connectivity index is 2.00. The van der Waals surface area contributed by atoms with Crippen molar-refractivity contribution in [2.24, 2.45) is 0 Å². The number of ether oxygens (including phenoxy) is 1. The maximum Gasteiger partial charge on any atom is 0.146 e. The summed E-state index contributed by atoms with van der Waals surface area (Å²) in [5.74, 6) is 1.97. The molecule has 0 aliphatic heterocycles. The molecule has 0 saturated heterocycles. The van der Waals surface area contributed by atoms with E-state index in [4.69, 9.17) is 9.15 Å². The number of rotatable bonds is 6. The lowest BCUT2D eigenvalue weighted by Gasteiger charge is -2.06. The number of benzene rings is 1. The highest BCUT2D eigenvalue weighted by Gasteiger charge is 2.09. The Kier molecular flexibility index (Phi) is 5.20. The normalized spacial score (nSPS) is 10.8. The molecule has 0 fully saturated rings. The van der Waals surface area contributed by atoms with Gasteiger partial charge in [-0.15, -0.1) is 0 Å². The molecule has 0 unspecified atom stereocenters. The van der Waals surface area contributed by atoms with E-state index in [0.717, 1.165) is 23.6 Å². The van der Waals surface area contributed by atoms with Gasteiger partial charge in [0.15, 0.2) is 0 Å². The summed E-state index contributed by atoms with van der Waals surface area (Å²) in [5, 5.41) is 3.22. The van der Waals surface area contributed by atoms with Crippen LogP contribution in [0, 0.1) is 12.7 Å². The average Bonchev–Trinajstić information content (AvgIpc) is 2.76. The first-order valence-electron chi connectivity index (χ1n) is 6.47. The van der Waals surface area contributed by atoms with Gasteiger partial charge in [0, 0.05) is 0 Å². The van der Waals surface area contributed by atoms with Gasteiger partial charge in [0.2, 0.25) is 0 Å². The average molecular weight is 342 g/mol. The molecule has 2 aromatic rings. The molecule has 5 heteroatoms. The third-order valence-electron chi connectivity index (χ3n) is 2.87. The predicted octanol–water partition coefficient (Wildman–Crippen LogP) is 4.18. The van der Waals surface area contributed by atoms with Gasteiger partial charge in [0.1, 0.15) is 29.7 Å². The fraction of sp³-hybridized carbons (Fsp3) is 0.333. The zero-order valence-corrected chi connectivity index (χ0v) is 13.1. The van der Waals surface area contributed by atoms with E-state index in [0.29, 0.717) is 23.4 Å². The van der Waals surface area contributed by atoms with Crippen molar-refractivity contribution >= 4 is 15.9 Å². The van der Waals surface area contributed by atoms with Crippen LogP contribution in [-0.4, -0.2) is 6.54 Å². The molecule has 0 aliphatic carbocycles. The number of halogens is 2. The third-order valence-corrected chi connectivity index (χ3v) is 3.49. The Bertz CT molecular complexity index is 583. The van der Waals surface area contributed by atoms with Gasteiger partial charge in [-0.1, -0.05) is 6.92 Å². The van der Waals surface area contributed by atoms with E-state index in [1.165, 1.54) is 12.1 Å². The third kappa shape index (κ3) is 3.84. The molecule has 20 heavy (non-hydrogen) atoms. The number of aryl methyl sites for hydroxylation is 1. The van der Waals surface area contributed by atoms with E-state index in [1.54, 1.807) is 6.07 Å². The first kappa shape index (κ1) is 15.1. The molecule has 0 saturated carbocycles. The lowest BCUT2D eigenvalue weighted by molar-refractivity contribution is 0.263. The highest BCUT2D eigenvalue weighted by atomic mass is 79.9. The number of furan rings is 1. The molecule has 0 amide bonds. The second kappa shape index (κ2) is 6.90. The van der Waals surface area contributed by atoms with Gasteiger partial charge in [0.05, 0.1) is 11.0 Å². The molecule has 0 spiro atoms. The van der Waals surface area contributed by atoms with Crippen molar-refractivity contribution in [1.29, 1.82) is 0 Å². The number of hydrogen-bond acceptors (Lipinski definition) is 3. The van der Waals surface area contributed by atoms with Crippen molar-refractivity contribution in [1.82, 2.24) is 5.32 Å². The van der Waals surface area contributed by atoms with Gasteiger partial charge in [-0.05, 0) is 59.2 Å². The minimum Gasteiger partial charge on any atom is -0.484 e. The topological polar surface area (TPSA) is 34.4 Å². The van der Waals surface area contributed by atoms with Crippen LogP contribution in [0.5, 0.6) is 5.75 Å². The first-order chi connectivity index (χ1) is 9.60. The summed E-state index contributed by atoms with van der Waals surface area (Å²) >= 11 is 3.27. The van der Waals surface area contributed by atoms with Gasteiger partial charge >= 0.3 is 0 Å². The molecule has 2 rings (SSSR count). The number of nitrogens with one attached hydrogen (secondary N) is 1. The summed E-state index contributed by atoms with van der Waals surface area (Å²) in [5.41, 5.74) is 1.10. The van der Waals surface area contributed by atoms with Gasteiger partial charge in [0.25, 0.3) is 0 Å². The van der Waals surface area contributed by atoms with Gasteiger partial charge < -0.3 is 14.5 Å². The van der Waals surface area contributed by atoms with Crippen LogP contribution in [0.4, 0.5) is 4.39 Å². The molecule has 1 aromatic carbocycles. The molecule has 0 radical (unpaired) electrons. The standard InChI is InChI=1S/C15H17BrFNO2/c1-3-18-8-15-10(2)6-12(20-15)9-19-14-5-4-11(17)7-13(14)16/h4-7,18H,3,8-9H2,1-2H3. The Morgan fingerprint density at radius 2 is 2.15 bits per heavy atom. The summed E-state index contributed by atoms with van der Waals surface area (Å²) < 4.78 is 24.9. The first-order valence-corrected chi connectivity index (χ1v) is 7.26. The molecule has 108 valence electrons. The van der Waals surface area contributed by atoms with Crippen molar-refractivity contribution < 1.29 is 13.5 Å². The summed E-state index contributed by atoms with van der Waals surface area (Å²) in [4.78, 5) is 0. The number of hydrogen-bond donors (Lipinski definition) is 1. The van der Waals surface area contributed by atoms with Crippen LogP contribution >= 0.6 is 15.9 Å². The molecule has 1 N–H and O–H groups in total. The van der Waals surface area contributed by atoms with Crippen LogP contribution in [0.25, 0.3) is 0 Å². The second-order valence-electron chi connectivity index (χ2n) is 4.46. The summed E-state index contributed by atoms with van der Waals surface area (Å²) in [7, 11) is 0. The summed E-state index contributed by atoms with van der Waals surface area (Å²) in [6, 6.07) is 6.29. The highest BCUT2D eigenvalue weighted by molar-refractivity contribution is 9.10. The van der Waals surface area contributed by atoms with Crippen LogP contribution in [-0.2, 0) is 13.2 Å². The van der Waals surface area contributed by atoms with Crippen molar-refractivity contribution in [2.45, 2.75) is 27.0 Å². The SMILES string of the molecule is CCNCc1oc(COc2ccc(F)cc2Br)cc1C. The van der Waals surface area contributed by atoms with Crippen molar-refractivity contribution in [2.75, 3.05) is 6.54 Å². The van der Waals surface area contributed by atoms with Crippen molar-refractivity contribution in [3.63, 3.8) is 0 Å². The molecule has 0 atom stereocenters. The van der Waals surface area contributed by atoms with E-state index in [9.17, 15) is 4.39 Å². The monoisotopic (exact) mass is 341 g/mol. The van der Waals surface area contributed by atoms with Crippen LogP contribution in [0.2, 0.25) is 0 Å². The van der Waals surface area contributed by atoms with E-state index in [2.05, 4.69) is 21.2 Å². The highest BCUT2D eigenvalue weighted by Crippen LogP contribution is 2.26. The summed E-state index contributed by atoms with van der Waals surface area (Å²) in [6.45, 7) is 5.98. The fourth-order valence-corrected chi connectivity index (χ4v) is 2.28. The van der Waals surface area contributed by atoms with E-state index in [-0.39, 0.29) is 5.82 Å². The van der Waals surface area contributed by atoms with Gasteiger partial charge in [-0.3, -0.25) is 0 Å². The van der Waals surface area contributed by atoms with E-state index in [1.807, 2.05) is 19.9 Å². The smallest absolute Gasteiger partial charge is 0.146 e. The van der Waals surface area contributed by atoms with Crippen LogP contribution in [0.15, 0.2) is 33.2 Å². The maximum atomic E-state index is 13.0. The van der Waals surface area contributed by atoms with Crippen LogP contribution in [0.1, 0.15) is 24.0 Å². The Hall–Kier alpha value is -1.33. The minimum absolute atomic E-state index is 0.300. The zero-order chi connectivity index (χ0) is 14.5. The van der Waals surface area contributed by atoms with Gasteiger partial charge in [-0.25, -0.2) is 4.39 Å². The molecule has 1 heterocycles. The van der Waals surface area contributed by atoms with Crippen LogP contribution in [0.3, 0.4) is 0 Å². The minimum atomic E-state index is -0.300. The fourth-order valence-electron chi connectivity index (χ4n) is 1.82. The second-order valence-corrected chi connectivity index (χ2v) is 5.32. The van der Waals surface area contributed by atoms with E-state index < -0.39 is 0 Å². The maximum absolute atomic E-state index is 13.0. The van der Waals surface area contributed by atoms with Crippen LogP contribution < -0.4 is 10.1 Å². The molecular formula is C15H17BrFNO2. The zero-order valence-electron chi connectivity index (χ0n) is 11.5. The molecule has 3 nitrogen and oxygen atoms in total. The molecular weight excluding hydrogens is 325 g/mol. The Morgan fingerprint density at radius 3 is 2.85 bits per heavy atom. The lowest BCUT2D eigenvalue weighted by Crippen LogP contribution is -2.11. The molecule has 0 aliphatic rings. The van der Waals surface area contributed by atoms with Crippen molar-refractivity contribution in [3.8, 4) is 5.75 Å². The predicted molar refractivity (Wildman–Crippen MR) is 79.3 cm³/mol. The largest absolute Gasteiger partial charge is 0.484 e. The molecule has 0 bridgehead atoms. The molecule has 1 aromatic heterocycles. The summed E-state index contributed by atoms with van der Waals surface area (Å²) in [6.07, 6.45) is 0. The Morgan fingerprint density at radius 1 is 1.35 bits per heavy atom. The van der Waals surface area contributed by atoms with E-state index >= 15 is 0 Å². The Labute approximate surface area is 126 Å². The lowest BCUT2D eigenvalue weighted by atomic mass is 10.2. The van der Waals surface area contributed by atoms with Crippen molar-refractivity contribution in [3.05, 3.63) is 51.6 Å². The quantitative estimate of drug-likeness (QED) is 0.855.